The quantitative estimate of drug-likeness (QED) is 0.434. The average molecular weight is 355 g/mol. The first-order chi connectivity index (χ1) is 12.4. The Labute approximate surface area is 150 Å². The molecular weight excluding hydrogens is 334 g/mol. The normalized spacial score (nSPS) is 15.7. The van der Waals surface area contributed by atoms with Crippen LogP contribution in [0.25, 0.3) is 11.0 Å². The first kappa shape index (κ1) is 17.7. The Morgan fingerprint density at radius 1 is 1.27 bits per heavy atom. The van der Waals surface area contributed by atoms with E-state index in [0.717, 1.165) is 17.7 Å². The summed E-state index contributed by atoms with van der Waals surface area (Å²) >= 11 is 0. The lowest BCUT2D eigenvalue weighted by Crippen LogP contribution is -2.42. The van der Waals surface area contributed by atoms with Crippen molar-refractivity contribution in [1.82, 2.24) is 9.63 Å². The number of amidine groups is 1. The molecule has 2 aliphatic heterocycles. The van der Waals surface area contributed by atoms with E-state index in [4.69, 9.17) is 5.26 Å². The van der Waals surface area contributed by atoms with Crippen molar-refractivity contribution in [2.24, 2.45) is 4.99 Å². The van der Waals surface area contributed by atoms with Gasteiger partial charge in [0, 0.05) is 32.1 Å². The Kier molecular flexibility index (Phi) is 4.80. The van der Waals surface area contributed by atoms with Gasteiger partial charge in [0.1, 0.15) is 0 Å². The number of nitriles is 1. The molecule has 0 radical (unpaired) electrons. The van der Waals surface area contributed by atoms with Gasteiger partial charge in [-0.15, -0.1) is 9.46 Å². The molecule has 0 spiro atoms. The van der Waals surface area contributed by atoms with Gasteiger partial charge in [-0.05, 0) is 43.9 Å². The van der Waals surface area contributed by atoms with E-state index >= 15 is 0 Å². The lowest BCUT2D eigenvalue weighted by Gasteiger charge is -2.21. The first-order valence-corrected chi connectivity index (χ1v) is 8.61. The van der Waals surface area contributed by atoms with Crippen LogP contribution < -0.4 is 10.3 Å². The topological polar surface area (TPSA) is 109 Å². The highest BCUT2D eigenvalue weighted by atomic mass is 16.5. The Hall–Kier alpha value is -3.08. The maximum Gasteiger partial charge on any atom is 0.368 e. The molecule has 0 unspecified atom stereocenters. The summed E-state index contributed by atoms with van der Waals surface area (Å²) in [4.78, 5) is 18.4. The molecule has 0 bridgehead atoms. The van der Waals surface area contributed by atoms with Crippen LogP contribution in [0.2, 0.25) is 0 Å². The molecule has 2 aromatic rings. The fraction of sp³-hybridized carbons (Fsp3) is 0.444. The van der Waals surface area contributed by atoms with E-state index < -0.39 is 11.3 Å². The van der Waals surface area contributed by atoms with Gasteiger partial charge in [-0.2, -0.15) is 5.26 Å². The van der Waals surface area contributed by atoms with Crippen LogP contribution in [0.1, 0.15) is 36.1 Å². The third-order valence-corrected chi connectivity index (χ3v) is 4.82. The predicted octanol–water partition coefficient (Wildman–Crippen LogP) is 1.25. The van der Waals surface area contributed by atoms with Crippen LogP contribution in [-0.2, 0) is 0 Å². The molecular formula is C18H21N5O3. The van der Waals surface area contributed by atoms with E-state index in [1.54, 1.807) is 13.8 Å². The predicted molar refractivity (Wildman–Crippen MR) is 96.3 cm³/mol. The number of hydrogen-bond donors (Lipinski definition) is 1. The van der Waals surface area contributed by atoms with Gasteiger partial charge >= 0.3 is 11.3 Å². The molecule has 136 valence electrons. The van der Waals surface area contributed by atoms with Crippen molar-refractivity contribution in [3.63, 3.8) is 0 Å². The van der Waals surface area contributed by atoms with Gasteiger partial charge in [0.05, 0.1) is 5.84 Å². The van der Waals surface area contributed by atoms with Crippen molar-refractivity contribution in [1.29, 1.82) is 5.26 Å². The monoisotopic (exact) mass is 355 g/mol. The first-order valence-electron chi connectivity index (χ1n) is 8.61. The maximum absolute atomic E-state index is 11.8. The summed E-state index contributed by atoms with van der Waals surface area (Å²) in [5.74, 6) is 1.38. The Bertz CT molecular complexity index is 987. The number of nitrogens with zero attached hydrogens (tertiary/aromatic N) is 5. The van der Waals surface area contributed by atoms with Crippen LogP contribution in [0, 0.1) is 30.4 Å². The standard InChI is InChI=1S/C11H9N3O3.C7H12N2/c1-6-3-8-9(4-7(6)2)14(17)11(15)10(5-12)13(8)16;1-3-7-8-4-2-6-9(7)5-1/h3-4,17H,1-2H3;1-6H2. The number of fused-ring (bicyclic) bond motifs is 2. The molecule has 2 aliphatic rings. The van der Waals surface area contributed by atoms with Gasteiger partial charge in [-0.25, -0.2) is 0 Å². The molecule has 0 aliphatic carbocycles. The number of hydrogen-bond acceptors (Lipinski definition) is 6. The summed E-state index contributed by atoms with van der Waals surface area (Å²) in [6, 6.07) is 4.55. The number of rotatable bonds is 0. The summed E-state index contributed by atoms with van der Waals surface area (Å²) in [6.07, 6.45) is 3.84. The molecule has 1 N–H and O–H groups in total. The molecule has 8 nitrogen and oxygen atoms in total. The third kappa shape index (κ3) is 3.08. The Morgan fingerprint density at radius 2 is 1.96 bits per heavy atom. The third-order valence-electron chi connectivity index (χ3n) is 4.82. The van der Waals surface area contributed by atoms with E-state index in [0.29, 0.717) is 4.73 Å². The minimum Gasteiger partial charge on any atom is -0.617 e. The summed E-state index contributed by atoms with van der Waals surface area (Å²) < 4.78 is 0.575. The lowest BCUT2D eigenvalue weighted by atomic mass is 10.1. The zero-order valence-electron chi connectivity index (χ0n) is 14.9. The molecule has 1 aromatic heterocycles. The maximum atomic E-state index is 11.8. The van der Waals surface area contributed by atoms with Crippen molar-refractivity contribution in [2.75, 3.05) is 19.6 Å². The molecule has 4 rings (SSSR count). The Morgan fingerprint density at radius 3 is 2.65 bits per heavy atom. The molecule has 26 heavy (non-hydrogen) atoms. The highest BCUT2D eigenvalue weighted by Gasteiger charge is 2.21. The van der Waals surface area contributed by atoms with Gasteiger partial charge in [0.2, 0.25) is 5.52 Å². The second-order valence-electron chi connectivity index (χ2n) is 6.54. The highest BCUT2D eigenvalue weighted by molar-refractivity contribution is 5.84. The van der Waals surface area contributed by atoms with E-state index in [1.807, 2.05) is 0 Å². The van der Waals surface area contributed by atoms with Gasteiger partial charge in [-0.1, -0.05) is 0 Å². The smallest absolute Gasteiger partial charge is 0.368 e. The van der Waals surface area contributed by atoms with E-state index in [1.165, 1.54) is 56.4 Å². The van der Waals surface area contributed by atoms with Gasteiger partial charge in [-0.3, -0.25) is 9.79 Å². The van der Waals surface area contributed by atoms with Gasteiger partial charge in [0.25, 0.3) is 0 Å². The lowest BCUT2D eigenvalue weighted by molar-refractivity contribution is -0.581. The number of benzene rings is 1. The van der Waals surface area contributed by atoms with Crippen LogP contribution in [0.5, 0.6) is 0 Å². The van der Waals surface area contributed by atoms with E-state index in [-0.39, 0.29) is 15.8 Å². The van der Waals surface area contributed by atoms with Crippen LogP contribution in [0.3, 0.4) is 0 Å². The van der Waals surface area contributed by atoms with Crippen molar-refractivity contribution >= 4 is 16.9 Å². The van der Waals surface area contributed by atoms with Crippen molar-refractivity contribution in [2.45, 2.75) is 33.1 Å². The minimum absolute atomic E-state index is 0.0896. The van der Waals surface area contributed by atoms with Crippen molar-refractivity contribution < 1.29 is 9.94 Å². The van der Waals surface area contributed by atoms with Crippen LogP contribution in [0.15, 0.2) is 21.9 Å². The Balaban J connectivity index is 0.000000181. The van der Waals surface area contributed by atoms with E-state index in [9.17, 15) is 15.2 Å². The molecule has 1 saturated heterocycles. The highest BCUT2D eigenvalue weighted by Crippen LogP contribution is 2.15. The molecule has 0 amide bonds. The largest absolute Gasteiger partial charge is 0.617 e. The number of aliphatic imine (C=N–C) groups is 1. The van der Waals surface area contributed by atoms with Crippen LogP contribution >= 0.6 is 0 Å². The van der Waals surface area contributed by atoms with E-state index in [2.05, 4.69) is 9.89 Å². The second kappa shape index (κ2) is 7.04. The molecule has 1 aromatic carbocycles. The number of aryl methyl sites for hydroxylation is 2. The van der Waals surface area contributed by atoms with Gasteiger partial charge < -0.3 is 15.3 Å². The molecule has 0 saturated carbocycles. The fourth-order valence-corrected chi connectivity index (χ4v) is 3.23. The SMILES string of the molecule is C1CN=C2CCCN2C1.Cc1cc2c(cc1C)[n+]([O-])c(C#N)c(=O)n2O. The zero-order chi connectivity index (χ0) is 18.8. The van der Waals surface area contributed by atoms with Gasteiger partial charge in [0.15, 0.2) is 11.6 Å². The van der Waals surface area contributed by atoms with Crippen molar-refractivity contribution in [3.05, 3.63) is 44.5 Å². The van der Waals surface area contributed by atoms with Crippen molar-refractivity contribution in [3.8, 4) is 6.07 Å². The molecule has 0 atom stereocenters. The van der Waals surface area contributed by atoms with Crippen LogP contribution in [0.4, 0.5) is 0 Å². The zero-order valence-corrected chi connectivity index (χ0v) is 14.9. The van der Waals surface area contributed by atoms with Crippen LogP contribution in [-0.4, -0.2) is 40.3 Å². The summed E-state index contributed by atoms with van der Waals surface area (Å²) in [5.41, 5.74) is 0.189. The molecule has 1 fully saturated rings. The average Bonchev–Trinajstić information content (AvgIpc) is 3.11. The molecule has 3 heterocycles. The molecule has 8 heteroatoms. The fourth-order valence-electron chi connectivity index (χ4n) is 3.23. The summed E-state index contributed by atoms with van der Waals surface area (Å²) in [5, 5.41) is 30.1. The second-order valence-corrected chi connectivity index (χ2v) is 6.54. The summed E-state index contributed by atoms with van der Waals surface area (Å²) in [7, 11) is 0. The minimum atomic E-state index is -1.02. The summed E-state index contributed by atoms with van der Waals surface area (Å²) in [6.45, 7) is 7.20. The number of aromatic nitrogens is 2.